The van der Waals surface area contributed by atoms with Gasteiger partial charge in [-0.1, -0.05) is 127 Å². The molecule has 0 fully saturated rings. The van der Waals surface area contributed by atoms with Crippen molar-refractivity contribution >= 4 is 98.1 Å². The molecular weight excluding hydrogens is 721 g/mol. The monoisotopic (exact) mass is 750 g/mol. The van der Waals surface area contributed by atoms with Crippen molar-refractivity contribution in [1.29, 1.82) is 0 Å². The van der Waals surface area contributed by atoms with Crippen molar-refractivity contribution in [2.45, 2.75) is 0 Å². The molecule has 0 spiro atoms. The highest BCUT2D eigenvalue weighted by molar-refractivity contribution is 6.24. The largest absolute Gasteiger partial charge is 0.456 e. The third-order valence-corrected chi connectivity index (χ3v) is 13.0. The molecule has 0 amide bonds. The average molecular weight is 751 g/mol. The Hall–Kier alpha value is -7.95. The van der Waals surface area contributed by atoms with Crippen LogP contribution in [0.2, 0.25) is 0 Å². The van der Waals surface area contributed by atoms with E-state index in [1.807, 2.05) is 24.3 Å². The van der Waals surface area contributed by atoms with Crippen LogP contribution >= 0.6 is 0 Å². The highest BCUT2D eigenvalue weighted by Gasteiger charge is 2.20. The second-order valence-corrected chi connectivity index (χ2v) is 16.0. The summed E-state index contributed by atoms with van der Waals surface area (Å²) < 4.78 is 11.2. The average Bonchev–Trinajstić information content (AvgIpc) is 4.03. The van der Waals surface area contributed by atoms with Crippen molar-refractivity contribution in [3.63, 3.8) is 0 Å². The Morgan fingerprint density at radius 1 is 0.288 bits per heavy atom. The molecule has 5 heterocycles. The van der Waals surface area contributed by atoms with E-state index in [0.717, 1.165) is 38.9 Å². The minimum atomic E-state index is -0.0313. The lowest BCUT2D eigenvalue weighted by atomic mass is 9.97. The van der Waals surface area contributed by atoms with Gasteiger partial charge >= 0.3 is 0 Å². The zero-order chi connectivity index (χ0) is 38.5. The van der Waals surface area contributed by atoms with Crippen LogP contribution in [0.1, 0.15) is 0 Å². The van der Waals surface area contributed by atoms with Gasteiger partial charge in [0.1, 0.15) is 11.2 Å². The van der Waals surface area contributed by atoms with Gasteiger partial charge in [0, 0.05) is 43.1 Å². The number of fused-ring (bicyclic) bond motifs is 14. The third kappa shape index (κ3) is 4.09. The van der Waals surface area contributed by atoms with E-state index in [2.05, 4.69) is 167 Å². The van der Waals surface area contributed by atoms with Gasteiger partial charge in [0.15, 0.2) is 0 Å². The van der Waals surface area contributed by atoms with Gasteiger partial charge in [-0.25, -0.2) is 0 Å². The molecule has 4 nitrogen and oxygen atoms in total. The van der Waals surface area contributed by atoms with E-state index >= 15 is 0 Å². The van der Waals surface area contributed by atoms with E-state index in [1.54, 1.807) is 0 Å². The molecule has 5 aromatic heterocycles. The molecule has 0 radical (unpaired) electrons. The van der Waals surface area contributed by atoms with Crippen LogP contribution in [0.25, 0.3) is 132 Å². The first kappa shape index (κ1) is 31.2. The van der Waals surface area contributed by atoms with Crippen molar-refractivity contribution in [3.05, 3.63) is 192 Å². The molecule has 0 atom stereocenters. The zero-order valence-electron chi connectivity index (χ0n) is 31.5. The van der Waals surface area contributed by atoms with E-state index in [-0.39, 0.29) is 5.43 Å². The first-order valence-corrected chi connectivity index (χ1v) is 20.1. The van der Waals surface area contributed by atoms with Crippen LogP contribution in [-0.4, -0.2) is 8.80 Å². The highest BCUT2D eigenvalue weighted by atomic mass is 16.3. The van der Waals surface area contributed by atoms with Gasteiger partial charge in [0.2, 0.25) is 5.43 Å². The Morgan fingerprint density at radius 2 is 0.661 bits per heavy atom. The van der Waals surface area contributed by atoms with Crippen LogP contribution in [0.5, 0.6) is 0 Å². The first-order chi connectivity index (χ1) is 29.2. The predicted octanol–water partition coefficient (Wildman–Crippen LogP) is 14.2. The summed E-state index contributed by atoms with van der Waals surface area (Å²) in [5, 5.41) is 11.2. The van der Waals surface area contributed by atoms with Crippen molar-refractivity contribution < 1.29 is 4.42 Å². The predicted molar refractivity (Wildman–Crippen MR) is 246 cm³/mol. The van der Waals surface area contributed by atoms with Crippen molar-refractivity contribution in [3.8, 4) is 33.4 Å². The van der Waals surface area contributed by atoms with Crippen LogP contribution in [0, 0.1) is 0 Å². The maximum atomic E-state index is 14.4. The van der Waals surface area contributed by atoms with E-state index < -0.39 is 0 Å². The highest BCUT2D eigenvalue weighted by Crippen LogP contribution is 2.42. The van der Waals surface area contributed by atoms with E-state index in [0.29, 0.717) is 21.9 Å². The maximum Gasteiger partial charge on any atom is 0.200 e. The molecule has 14 aromatic rings. The molecule has 4 heteroatoms. The quantitative estimate of drug-likeness (QED) is 0.169. The topological polar surface area (TPSA) is 39.0 Å². The normalized spacial score (nSPS) is 12.5. The lowest BCUT2D eigenvalue weighted by molar-refractivity contribution is 0.660. The van der Waals surface area contributed by atoms with Gasteiger partial charge in [0.05, 0.1) is 43.9 Å². The molecule has 0 saturated heterocycles. The molecular formula is C55H30N2O2. The van der Waals surface area contributed by atoms with Gasteiger partial charge in [-0.3, -0.25) is 4.79 Å². The molecule has 0 aliphatic heterocycles. The fourth-order valence-corrected chi connectivity index (χ4v) is 10.3. The van der Waals surface area contributed by atoms with Crippen molar-refractivity contribution in [2.75, 3.05) is 0 Å². The molecule has 0 aliphatic rings. The minimum absolute atomic E-state index is 0.0313. The third-order valence-electron chi connectivity index (χ3n) is 13.0. The fraction of sp³-hybridized carbons (Fsp3) is 0. The second kappa shape index (κ2) is 11.1. The van der Waals surface area contributed by atoms with Crippen LogP contribution in [0.3, 0.4) is 0 Å². The number of nitrogens with zero attached hydrogens (tertiary/aromatic N) is 2. The van der Waals surface area contributed by atoms with E-state index in [4.69, 9.17) is 4.42 Å². The minimum Gasteiger partial charge on any atom is -0.456 e. The lowest BCUT2D eigenvalue weighted by Crippen LogP contribution is -2.02. The maximum absolute atomic E-state index is 14.4. The van der Waals surface area contributed by atoms with Crippen LogP contribution in [0.4, 0.5) is 0 Å². The molecule has 0 unspecified atom stereocenters. The van der Waals surface area contributed by atoms with Crippen LogP contribution in [0.15, 0.2) is 191 Å². The van der Waals surface area contributed by atoms with Crippen LogP contribution < -0.4 is 5.43 Å². The Kier molecular flexibility index (Phi) is 5.88. The standard InChI is InChI=1S/C55H30N2O2/c58-55-45-27-33(31-8-5-9-32(26-31)35-18-22-39-43-14-6-12-41-37-10-1-3-16-47(37)56(53(41)43)49(39)29-35)20-24-51(45)59-52-25-21-34(28-46(52)55)36-19-23-40-44-15-7-13-42-38-11-2-4-17-48(38)57(54(42)44)50(40)30-36/h1-30H. The summed E-state index contributed by atoms with van der Waals surface area (Å²) in [6.07, 6.45) is 0. The SMILES string of the molecule is O=c1c2cc(-c3cccc(-c4ccc5c6cccc7c8ccccc8n(c5c4)c76)c3)ccc2oc2ccc(-c3ccc4c5cccc6c7ccccc7n(c4c3)c65)cc12. The number of rotatable bonds is 3. The number of para-hydroxylation sites is 4. The van der Waals surface area contributed by atoms with Crippen LogP contribution in [-0.2, 0) is 0 Å². The molecule has 0 aliphatic carbocycles. The molecule has 14 rings (SSSR count). The summed E-state index contributed by atoms with van der Waals surface area (Å²) in [6, 6.07) is 64.5. The Morgan fingerprint density at radius 3 is 1.15 bits per heavy atom. The summed E-state index contributed by atoms with van der Waals surface area (Å²) in [4.78, 5) is 14.4. The van der Waals surface area contributed by atoms with E-state index in [9.17, 15) is 4.79 Å². The van der Waals surface area contributed by atoms with Gasteiger partial charge in [-0.2, -0.15) is 0 Å². The summed E-state index contributed by atoms with van der Waals surface area (Å²) in [7, 11) is 0. The Labute approximate surface area is 335 Å². The summed E-state index contributed by atoms with van der Waals surface area (Å²) in [5.41, 5.74) is 14.8. The molecule has 9 aromatic carbocycles. The van der Waals surface area contributed by atoms with Gasteiger partial charge in [-0.15, -0.1) is 0 Å². The number of benzene rings is 9. The second-order valence-electron chi connectivity index (χ2n) is 16.0. The number of hydrogen-bond donors (Lipinski definition) is 0. The van der Waals surface area contributed by atoms with Gasteiger partial charge < -0.3 is 13.2 Å². The van der Waals surface area contributed by atoms with Crippen molar-refractivity contribution in [1.82, 2.24) is 8.80 Å². The summed E-state index contributed by atoms with van der Waals surface area (Å²) in [5.74, 6) is 0. The zero-order valence-corrected chi connectivity index (χ0v) is 31.5. The lowest BCUT2D eigenvalue weighted by Gasteiger charge is -2.09. The van der Waals surface area contributed by atoms with Gasteiger partial charge in [-0.05, 0) is 88.0 Å². The molecule has 59 heavy (non-hydrogen) atoms. The Balaban J connectivity index is 0.881. The number of hydrogen-bond acceptors (Lipinski definition) is 2. The molecule has 0 saturated carbocycles. The fourth-order valence-electron chi connectivity index (χ4n) is 10.3. The summed E-state index contributed by atoms with van der Waals surface area (Å²) >= 11 is 0. The Bertz CT molecular complexity index is 4160. The van der Waals surface area contributed by atoms with Crippen molar-refractivity contribution in [2.24, 2.45) is 0 Å². The van der Waals surface area contributed by atoms with E-state index in [1.165, 1.54) is 70.7 Å². The van der Waals surface area contributed by atoms with Gasteiger partial charge in [0.25, 0.3) is 0 Å². The molecule has 0 N–H and O–H groups in total. The number of aromatic nitrogens is 2. The molecule has 272 valence electrons. The first-order valence-electron chi connectivity index (χ1n) is 20.1. The summed E-state index contributed by atoms with van der Waals surface area (Å²) in [6.45, 7) is 0. The smallest absolute Gasteiger partial charge is 0.200 e. The molecule has 0 bridgehead atoms.